The predicted octanol–water partition coefficient (Wildman–Crippen LogP) is 5.36. The Morgan fingerprint density at radius 1 is 0.795 bits per heavy atom. The molecule has 1 aliphatic carbocycles. The van der Waals surface area contributed by atoms with Gasteiger partial charge in [-0.1, -0.05) is 35.9 Å². The number of phenolic OH excluding ortho intramolecular Hbond substituents is 3. The maximum absolute atomic E-state index is 12.1. The molecule has 1 heterocycles. The summed E-state index contributed by atoms with van der Waals surface area (Å²) in [5.41, 5.74) is 1.60. The highest BCUT2D eigenvalue weighted by Gasteiger charge is 2.31. The van der Waals surface area contributed by atoms with Crippen LogP contribution in [0, 0.1) is 0 Å². The summed E-state index contributed by atoms with van der Waals surface area (Å²) in [5, 5.41) is 48.4. The number of aliphatic hydroxyl groups is 1. The lowest BCUT2D eigenvalue weighted by Gasteiger charge is -2.16. The van der Waals surface area contributed by atoms with Gasteiger partial charge in [-0.05, 0) is 50.6 Å². The van der Waals surface area contributed by atoms with Crippen LogP contribution in [-0.4, -0.2) is 37.1 Å². The lowest BCUT2D eigenvalue weighted by molar-refractivity contribution is -0.112. The van der Waals surface area contributed by atoms with Crippen molar-refractivity contribution in [2.75, 3.05) is 0 Å². The van der Waals surface area contributed by atoms with Crippen LogP contribution in [0.25, 0.3) is 28.1 Å². The molecular weight excluding hydrogens is 504 g/mol. The van der Waals surface area contributed by atoms with Gasteiger partial charge in [-0.15, -0.1) is 0 Å². The Morgan fingerprint density at radius 2 is 1.49 bits per heavy atom. The second kappa shape index (κ2) is 10.6. The molecule has 5 rings (SSSR count). The fraction of sp³-hybridized carbons (Fsp3) is 0.100. The van der Waals surface area contributed by atoms with Gasteiger partial charge in [0.25, 0.3) is 0 Å². The number of aromatic hydroxyl groups is 4. The van der Waals surface area contributed by atoms with Crippen LogP contribution in [0.3, 0.4) is 0 Å². The zero-order valence-corrected chi connectivity index (χ0v) is 20.9. The molecule has 0 saturated carbocycles. The van der Waals surface area contributed by atoms with Crippen molar-refractivity contribution in [2.24, 2.45) is 0 Å². The molecule has 198 valence electrons. The van der Waals surface area contributed by atoms with Crippen molar-refractivity contribution in [3.8, 4) is 34.3 Å². The van der Waals surface area contributed by atoms with Crippen molar-refractivity contribution < 1.29 is 39.5 Å². The van der Waals surface area contributed by atoms with Crippen molar-refractivity contribution >= 4 is 28.3 Å². The van der Waals surface area contributed by atoms with Crippen molar-refractivity contribution in [1.82, 2.24) is 0 Å². The standard InChI is InChI=1S/C15H10O6.C15H14O3/c16-8-2-3-9-12(6-8)21-15(14(20)13(9)19)7-1-4-10(17)11(18)5-7;1-9(2)7-8-12-13(16)10-5-3-4-6-11(10)14(17)15(12)18/h1-6,16-18,20H;3-7,16H,8H2,1-2H3. The number of allylic oxidation sites excluding steroid dienone is 3. The van der Waals surface area contributed by atoms with Crippen LogP contribution in [0.5, 0.6) is 23.0 Å². The number of carbonyl (C=O) groups excluding carboxylic acids is 2. The largest absolute Gasteiger partial charge is 0.508 e. The highest BCUT2D eigenvalue weighted by atomic mass is 16.4. The van der Waals surface area contributed by atoms with E-state index in [2.05, 4.69) is 0 Å². The van der Waals surface area contributed by atoms with Crippen molar-refractivity contribution in [1.29, 1.82) is 0 Å². The van der Waals surface area contributed by atoms with Crippen molar-refractivity contribution in [3.05, 3.63) is 99.2 Å². The fourth-order valence-electron chi connectivity index (χ4n) is 3.94. The molecule has 39 heavy (non-hydrogen) atoms. The van der Waals surface area contributed by atoms with E-state index in [1.807, 2.05) is 19.9 Å². The third kappa shape index (κ3) is 5.24. The summed E-state index contributed by atoms with van der Waals surface area (Å²) in [6, 6.07) is 14.3. The third-order valence-electron chi connectivity index (χ3n) is 6.00. The molecule has 3 aromatic carbocycles. The summed E-state index contributed by atoms with van der Waals surface area (Å²) in [4.78, 5) is 35.9. The summed E-state index contributed by atoms with van der Waals surface area (Å²) in [6.45, 7) is 3.81. The monoisotopic (exact) mass is 528 g/mol. The molecule has 9 heteroatoms. The average Bonchev–Trinajstić information content (AvgIpc) is 2.91. The first-order valence-corrected chi connectivity index (χ1v) is 11.7. The normalized spacial score (nSPS) is 12.6. The van der Waals surface area contributed by atoms with Crippen LogP contribution in [0.15, 0.2) is 87.1 Å². The van der Waals surface area contributed by atoms with E-state index in [9.17, 15) is 39.9 Å². The Kier molecular flexibility index (Phi) is 7.26. The molecule has 0 spiro atoms. The number of rotatable bonds is 3. The molecule has 9 nitrogen and oxygen atoms in total. The number of benzene rings is 3. The van der Waals surface area contributed by atoms with Crippen LogP contribution in [0.2, 0.25) is 0 Å². The molecule has 4 aromatic rings. The predicted molar refractivity (Wildman–Crippen MR) is 144 cm³/mol. The topological polar surface area (TPSA) is 165 Å². The average molecular weight is 529 g/mol. The maximum atomic E-state index is 12.1. The number of carbonyl (C=O) groups is 2. The van der Waals surface area contributed by atoms with Gasteiger partial charge in [0.2, 0.25) is 22.7 Å². The second-order valence-electron chi connectivity index (χ2n) is 9.01. The van der Waals surface area contributed by atoms with Crippen molar-refractivity contribution in [3.63, 3.8) is 0 Å². The van der Waals surface area contributed by atoms with Crippen LogP contribution < -0.4 is 5.43 Å². The quantitative estimate of drug-likeness (QED) is 0.134. The van der Waals surface area contributed by atoms with Crippen LogP contribution >= 0.6 is 0 Å². The zero-order valence-electron chi connectivity index (χ0n) is 20.9. The Morgan fingerprint density at radius 3 is 2.15 bits per heavy atom. The first-order chi connectivity index (χ1) is 18.5. The molecule has 0 fully saturated rings. The number of aliphatic hydroxyl groups excluding tert-OH is 1. The number of phenols is 3. The smallest absolute Gasteiger partial charge is 0.235 e. The molecule has 0 saturated heterocycles. The third-order valence-corrected chi connectivity index (χ3v) is 6.00. The Hall–Kier alpha value is -5.31. The van der Waals surface area contributed by atoms with E-state index in [4.69, 9.17) is 4.42 Å². The van der Waals surface area contributed by atoms with E-state index in [0.29, 0.717) is 5.56 Å². The lowest BCUT2D eigenvalue weighted by Crippen LogP contribution is -2.23. The summed E-state index contributed by atoms with van der Waals surface area (Å²) in [6.07, 6.45) is 2.11. The maximum Gasteiger partial charge on any atom is 0.235 e. The van der Waals surface area contributed by atoms with Gasteiger partial charge >= 0.3 is 0 Å². The molecule has 0 bridgehead atoms. The number of ketones is 2. The second-order valence-corrected chi connectivity index (χ2v) is 9.01. The van der Waals surface area contributed by atoms with Gasteiger partial charge in [0.05, 0.1) is 5.39 Å². The van der Waals surface area contributed by atoms with E-state index in [0.717, 1.165) is 11.6 Å². The van der Waals surface area contributed by atoms with E-state index in [1.165, 1.54) is 30.3 Å². The van der Waals surface area contributed by atoms with E-state index in [-0.39, 0.29) is 57.1 Å². The van der Waals surface area contributed by atoms with Crippen LogP contribution in [-0.2, 0) is 4.79 Å². The molecule has 1 aromatic heterocycles. The first-order valence-electron chi connectivity index (χ1n) is 11.7. The Balaban J connectivity index is 0.000000183. The molecule has 5 N–H and O–H groups in total. The minimum Gasteiger partial charge on any atom is -0.508 e. The fourth-order valence-corrected chi connectivity index (χ4v) is 3.94. The van der Waals surface area contributed by atoms with Crippen molar-refractivity contribution in [2.45, 2.75) is 20.3 Å². The summed E-state index contributed by atoms with van der Waals surface area (Å²) in [5.74, 6) is -2.83. The highest BCUT2D eigenvalue weighted by Crippen LogP contribution is 2.35. The number of Topliss-reactive ketones (excluding diaryl/α,β-unsaturated/α-hetero) is 2. The minimum atomic E-state index is -0.654. The van der Waals surface area contributed by atoms with Gasteiger partial charge in [-0.3, -0.25) is 14.4 Å². The highest BCUT2D eigenvalue weighted by molar-refractivity contribution is 6.52. The Labute approximate surface area is 221 Å². The van der Waals surface area contributed by atoms with E-state index >= 15 is 0 Å². The molecule has 1 aliphatic rings. The summed E-state index contributed by atoms with van der Waals surface area (Å²) in [7, 11) is 0. The number of fused-ring (bicyclic) bond motifs is 2. The Bertz CT molecular complexity index is 1750. The summed E-state index contributed by atoms with van der Waals surface area (Å²) < 4.78 is 5.43. The molecular formula is C30H24O9. The van der Waals surface area contributed by atoms with Gasteiger partial charge < -0.3 is 29.9 Å². The van der Waals surface area contributed by atoms with Crippen LogP contribution in [0.1, 0.15) is 36.2 Å². The van der Waals surface area contributed by atoms with E-state index < -0.39 is 28.5 Å². The molecule has 0 unspecified atom stereocenters. The number of hydrogen-bond acceptors (Lipinski definition) is 9. The van der Waals surface area contributed by atoms with Crippen LogP contribution in [0.4, 0.5) is 0 Å². The van der Waals surface area contributed by atoms with E-state index in [1.54, 1.807) is 24.3 Å². The summed E-state index contributed by atoms with van der Waals surface area (Å²) >= 11 is 0. The first kappa shape index (κ1) is 26.7. The van der Waals surface area contributed by atoms with Gasteiger partial charge in [0, 0.05) is 28.3 Å². The van der Waals surface area contributed by atoms with Gasteiger partial charge in [-0.25, -0.2) is 0 Å². The SMILES string of the molecule is CC(C)=CCC1=C(O)c2ccccc2C(=O)C1=O.O=c1c(O)c(-c2ccc(O)c(O)c2)oc2cc(O)ccc12. The molecule has 0 aliphatic heterocycles. The van der Waals surface area contributed by atoms with Gasteiger partial charge in [0.15, 0.2) is 17.3 Å². The van der Waals surface area contributed by atoms with Gasteiger partial charge in [0.1, 0.15) is 17.1 Å². The minimum absolute atomic E-state index is 0.0762. The molecule has 0 atom stereocenters. The molecule has 0 radical (unpaired) electrons. The van der Waals surface area contributed by atoms with Gasteiger partial charge in [-0.2, -0.15) is 0 Å². The lowest BCUT2D eigenvalue weighted by atomic mass is 9.87. The number of hydrogen-bond donors (Lipinski definition) is 5. The molecule has 0 amide bonds. The zero-order chi connectivity index (χ0) is 28.4.